The predicted molar refractivity (Wildman–Crippen MR) is 55.1 cm³/mol. The molecule has 0 aliphatic carbocycles. The van der Waals surface area contributed by atoms with Crippen molar-refractivity contribution in [2.75, 3.05) is 7.11 Å². The zero-order chi connectivity index (χ0) is 11.4. The summed E-state index contributed by atoms with van der Waals surface area (Å²) in [5, 5.41) is 9.40. The second-order valence-corrected chi connectivity index (χ2v) is 3.00. The summed E-state index contributed by atoms with van der Waals surface area (Å²) in [6.07, 6.45) is 0. The van der Waals surface area contributed by atoms with Crippen molar-refractivity contribution in [1.82, 2.24) is 0 Å². The van der Waals surface area contributed by atoms with E-state index < -0.39 is 5.97 Å². The molecule has 1 N–H and O–H groups in total. The van der Waals surface area contributed by atoms with Crippen LogP contribution in [0.4, 0.5) is 0 Å². The standard InChI is InChI=1S/C11H12O4/c1-7(2)11(13)15-10-6-8(14-3)4-5-9(10)12/h4-6,12H,1H2,2-3H3. The number of phenolic OH excluding ortho intramolecular Hbond substituents is 1. The fraction of sp³-hybridized carbons (Fsp3) is 0.182. The van der Waals surface area contributed by atoms with Crippen molar-refractivity contribution < 1.29 is 19.4 Å². The monoisotopic (exact) mass is 208 g/mol. The number of aromatic hydroxyl groups is 1. The maximum absolute atomic E-state index is 11.2. The third kappa shape index (κ3) is 2.74. The summed E-state index contributed by atoms with van der Waals surface area (Å²) in [4.78, 5) is 11.2. The maximum atomic E-state index is 11.2. The van der Waals surface area contributed by atoms with Crippen molar-refractivity contribution in [1.29, 1.82) is 0 Å². The van der Waals surface area contributed by atoms with Crippen molar-refractivity contribution in [3.8, 4) is 17.2 Å². The zero-order valence-corrected chi connectivity index (χ0v) is 8.61. The van der Waals surface area contributed by atoms with Gasteiger partial charge in [-0.15, -0.1) is 0 Å². The predicted octanol–water partition coefficient (Wildman–Crippen LogP) is 1.88. The van der Waals surface area contributed by atoms with Crippen molar-refractivity contribution in [2.24, 2.45) is 0 Å². The Kier molecular flexibility index (Phi) is 3.33. The van der Waals surface area contributed by atoms with Gasteiger partial charge < -0.3 is 14.6 Å². The van der Waals surface area contributed by atoms with Gasteiger partial charge in [-0.1, -0.05) is 6.58 Å². The molecule has 0 unspecified atom stereocenters. The molecule has 0 aromatic heterocycles. The van der Waals surface area contributed by atoms with Crippen LogP contribution in [0.15, 0.2) is 30.4 Å². The molecular weight excluding hydrogens is 196 g/mol. The number of benzene rings is 1. The van der Waals surface area contributed by atoms with E-state index in [0.29, 0.717) is 5.75 Å². The van der Waals surface area contributed by atoms with Crippen LogP contribution >= 0.6 is 0 Å². The Morgan fingerprint density at radius 1 is 1.47 bits per heavy atom. The van der Waals surface area contributed by atoms with Crippen LogP contribution in [0, 0.1) is 0 Å². The normalized spacial score (nSPS) is 9.47. The van der Waals surface area contributed by atoms with Gasteiger partial charge in [0.2, 0.25) is 0 Å². The first kappa shape index (κ1) is 11.1. The lowest BCUT2D eigenvalue weighted by molar-refractivity contribution is -0.130. The number of esters is 1. The van der Waals surface area contributed by atoms with Gasteiger partial charge in [-0.25, -0.2) is 4.79 Å². The van der Waals surface area contributed by atoms with Gasteiger partial charge in [0.05, 0.1) is 7.11 Å². The quantitative estimate of drug-likeness (QED) is 0.468. The summed E-state index contributed by atoms with van der Waals surface area (Å²) in [7, 11) is 1.48. The molecule has 0 heterocycles. The van der Waals surface area contributed by atoms with Gasteiger partial charge in [0.1, 0.15) is 5.75 Å². The Morgan fingerprint density at radius 3 is 2.67 bits per heavy atom. The Balaban J connectivity index is 2.93. The first-order valence-electron chi connectivity index (χ1n) is 4.29. The minimum Gasteiger partial charge on any atom is -0.504 e. The van der Waals surface area contributed by atoms with Crippen LogP contribution in [0.2, 0.25) is 0 Å². The number of ether oxygens (including phenoxy) is 2. The fourth-order valence-electron chi connectivity index (χ4n) is 0.890. The van der Waals surface area contributed by atoms with E-state index in [1.165, 1.54) is 26.2 Å². The highest BCUT2D eigenvalue weighted by Gasteiger charge is 2.10. The first-order chi connectivity index (χ1) is 7.04. The molecule has 80 valence electrons. The Bertz CT molecular complexity index is 396. The minimum absolute atomic E-state index is 0.0577. The van der Waals surface area contributed by atoms with E-state index in [0.717, 1.165) is 0 Å². The molecule has 0 saturated heterocycles. The van der Waals surface area contributed by atoms with Crippen molar-refractivity contribution >= 4 is 5.97 Å². The van der Waals surface area contributed by atoms with E-state index in [-0.39, 0.29) is 17.1 Å². The molecule has 1 aromatic rings. The largest absolute Gasteiger partial charge is 0.504 e. The number of methoxy groups -OCH3 is 1. The van der Waals surface area contributed by atoms with Crippen LogP contribution in [0.5, 0.6) is 17.2 Å². The molecule has 15 heavy (non-hydrogen) atoms. The van der Waals surface area contributed by atoms with Gasteiger partial charge in [0, 0.05) is 11.6 Å². The third-order valence-electron chi connectivity index (χ3n) is 1.72. The number of carbonyl (C=O) groups is 1. The molecular formula is C11H12O4. The molecule has 4 heteroatoms. The van der Waals surface area contributed by atoms with Gasteiger partial charge in [-0.2, -0.15) is 0 Å². The average Bonchev–Trinajstić information content (AvgIpc) is 2.21. The Hall–Kier alpha value is -1.97. The molecule has 0 aliphatic heterocycles. The smallest absolute Gasteiger partial charge is 0.338 e. The Morgan fingerprint density at radius 2 is 2.13 bits per heavy atom. The first-order valence-corrected chi connectivity index (χ1v) is 4.29. The summed E-state index contributed by atoms with van der Waals surface area (Å²) in [6, 6.07) is 4.38. The van der Waals surface area contributed by atoms with E-state index in [9.17, 15) is 9.90 Å². The molecule has 0 atom stereocenters. The van der Waals surface area contributed by atoms with E-state index in [4.69, 9.17) is 9.47 Å². The van der Waals surface area contributed by atoms with Crippen LogP contribution in [-0.2, 0) is 4.79 Å². The second kappa shape index (κ2) is 4.50. The highest BCUT2D eigenvalue weighted by molar-refractivity contribution is 5.89. The van der Waals surface area contributed by atoms with E-state index in [1.54, 1.807) is 6.07 Å². The third-order valence-corrected chi connectivity index (χ3v) is 1.72. The minimum atomic E-state index is -0.585. The number of hydrogen-bond donors (Lipinski definition) is 1. The van der Waals surface area contributed by atoms with Crippen molar-refractivity contribution in [2.45, 2.75) is 6.92 Å². The lowest BCUT2D eigenvalue weighted by Gasteiger charge is -2.07. The van der Waals surface area contributed by atoms with Crippen LogP contribution in [0.1, 0.15) is 6.92 Å². The summed E-state index contributed by atoms with van der Waals surface area (Å²) in [5.41, 5.74) is 0.261. The fourth-order valence-corrected chi connectivity index (χ4v) is 0.890. The molecule has 0 amide bonds. The van der Waals surface area contributed by atoms with Crippen molar-refractivity contribution in [3.05, 3.63) is 30.4 Å². The SMILES string of the molecule is C=C(C)C(=O)Oc1cc(OC)ccc1O. The molecule has 0 aliphatic rings. The van der Waals surface area contributed by atoms with Crippen LogP contribution in [-0.4, -0.2) is 18.2 Å². The highest BCUT2D eigenvalue weighted by Crippen LogP contribution is 2.30. The second-order valence-electron chi connectivity index (χ2n) is 3.00. The van der Waals surface area contributed by atoms with E-state index in [2.05, 4.69) is 6.58 Å². The molecule has 1 rings (SSSR count). The lowest BCUT2D eigenvalue weighted by Crippen LogP contribution is -2.08. The number of rotatable bonds is 3. The maximum Gasteiger partial charge on any atom is 0.338 e. The van der Waals surface area contributed by atoms with Crippen LogP contribution in [0.3, 0.4) is 0 Å². The zero-order valence-electron chi connectivity index (χ0n) is 8.61. The van der Waals surface area contributed by atoms with Gasteiger partial charge in [0.25, 0.3) is 0 Å². The summed E-state index contributed by atoms with van der Waals surface area (Å²) >= 11 is 0. The molecule has 0 fully saturated rings. The van der Waals surface area contributed by atoms with Crippen LogP contribution < -0.4 is 9.47 Å². The summed E-state index contributed by atoms with van der Waals surface area (Å²) in [5.74, 6) is -0.149. The molecule has 0 spiro atoms. The summed E-state index contributed by atoms with van der Waals surface area (Å²) in [6.45, 7) is 4.96. The average molecular weight is 208 g/mol. The van der Waals surface area contributed by atoms with Crippen LogP contribution in [0.25, 0.3) is 0 Å². The Labute approximate surface area is 87.7 Å². The van der Waals surface area contributed by atoms with Crippen molar-refractivity contribution in [3.63, 3.8) is 0 Å². The molecule has 4 nitrogen and oxygen atoms in total. The molecule has 0 bridgehead atoms. The lowest BCUT2D eigenvalue weighted by atomic mass is 10.3. The number of hydrogen-bond acceptors (Lipinski definition) is 4. The topological polar surface area (TPSA) is 55.8 Å². The van der Waals surface area contributed by atoms with Gasteiger partial charge in [-0.05, 0) is 19.1 Å². The summed E-state index contributed by atoms with van der Waals surface area (Å²) < 4.78 is 9.81. The molecule has 0 radical (unpaired) electrons. The van der Waals surface area contributed by atoms with Gasteiger partial charge in [-0.3, -0.25) is 0 Å². The van der Waals surface area contributed by atoms with E-state index in [1.807, 2.05) is 0 Å². The molecule has 0 saturated carbocycles. The van der Waals surface area contributed by atoms with Gasteiger partial charge in [0.15, 0.2) is 11.5 Å². The van der Waals surface area contributed by atoms with Gasteiger partial charge >= 0.3 is 5.97 Å². The van der Waals surface area contributed by atoms with E-state index >= 15 is 0 Å². The number of phenols is 1. The highest BCUT2D eigenvalue weighted by atomic mass is 16.5. The number of carbonyl (C=O) groups excluding carboxylic acids is 1. The molecule has 1 aromatic carbocycles.